The number of rotatable bonds is 5. The van der Waals surface area contributed by atoms with Gasteiger partial charge in [-0.25, -0.2) is 0 Å². The quantitative estimate of drug-likeness (QED) is 0.488. The molecule has 138 valence electrons. The Bertz CT molecular complexity index is 1020. The Morgan fingerprint density at radius 3 is 2.52 bits per heavy atom. The highest BCUT2D eigenvalue weighted by molar-refractivity contribution is 9.10. The molecule has 3 aromatic rings. The number of anilines is 2. The fourth-order valence-corrected chi connectivity index (χ4v) is 3.47. The van der Waals surface area contributed by atoms with Gasteiger partial charge in [0.25, 0.3) is 5.91 Å². The molecular weight excluding hydrogens is 428 g/mol. The molecule has 0 unspecified atom stereocenters. The summed E-state index contributed by atoms with van der Waals surface area (Å²) in [4.78, 5) is 24.7. The first-order chi connectivity index (χ1) is 13.0. The van der Waals surface area contributed by atoms with E-state index in [2.05, 4.69) is 26.6 Å². The lowest BCUT2D eigenvalue weighted by Crippen LogP contribution is -2.14. The van der Waals surface area contributed by atoms with Crippen molar-refractivity contribution in [1.82, 2.24) is 0 Å². The van der Waals surface area contributed by atoms with Crippen LogP contribution in [-0.4, -0.2) is 11.8 Å². The molecule has 3 rings (SSSR count). The van der Waals surface area contributed by atoms with Crippen LogP contribution < -0.4 is 10.6 Å². The summed E-state index contributed by atoms with van der Waals surface area (Å²) in [5.74, 6) is -0.339. The Labute approximate surface area is 171 Å². The zero-order valence-corrected chi connectivity index (χ0v) is 17.0. The number of hydrogen-bond donors (Lipinski definition) is 2. The highest BCUT2D eigenvalue weighted by Crippen LogP contribution is 2.29. The molecule has 0 aliphatic rings. The number of carbonyl (C=O) groups is 2. The number of amides is 2. The summed E-state index contributed by atoms with van der Waals surface area (Å²) in [5, 5.41) is 7.85. The molecule has 0 aromatic heterocycles. The molecule has 4 nitrogen and oxygen atoms in total. The topological polar surface area (TPSA) is 58.2 Å². The van der Waals surface area contributed by atoms with E-state index in [1.165, 1.54) is 0 Å². The van der Waals surface area contributed by atoms with Crippen LogP contribution in [0.1, 0.15) is 30.1 Å². The Hall–Kier alpha value is -2.37. The Morgan fingerprint density at radius 2 is 1.74 bits per heavy atom. The molecule has 0 aliphatic heterocycles. The molecule has 0 aliphatic carbocycles. The maximum absolute atomic E-state index is 12.9. The summed E-state index contributed by atoms with van der Waals surface area (Å²) in [6, 6.07) is 16.3. The van der Waals surface area contributed by atoms with E-state index in [1.807, 2.05) is 37.3 Å². The summed E-state index contributed by atoms with van der Waals surface area (Å²) < 4.78 is 0.924. The molecule has 0 saturated heterocycles. The third-order valence-corrected chi connectivity index (χ3v) is 5.11. The predicted octanol–water partition coefficient (Wildman–Crippen LogP) is 6.25. The van der Waals surface area contributed by atoms with Crippen molar-refractivity contribution >= 4 is 61.5 Å². The molecular formula is C21H18BrClN2O2. The lowest BCUT2D eigenvalue weighted by molar-refractivity contribution is -0.116. The molecule has 0 atom stereocenters. The van der Waals surface area contributed by atoms with Crippen LogP contribution >= 0.6 is 27.5 Å². The van der Waals surface area contributed by atoms with Gasteiger partial charge in [-0.2, -0.15) is 0 Å². The Kier molecular flexibility index (Phi) is 6.14. The van der Waals surface area contributed by atoms with Crippen LogP contribution in [-0.2, 0) is 4.79 Å². The van der Waals surface area contributed by atoms with Gasteiger partial charge < -0.3 is 10.6 Å². The molecule has 3 aromatic carbocycles. The number of carbonyl (C=O) groups excluding carboxylic acids is 2. The third kappa shape index (κ3) is 4.49. The van der Waals surface area contributed by atoms with E-state index in [-0.39, 0.29) is 11.8 Å². The molecule has 0 radical (unpaired) electrons. The van der Waals surface area contributed by atoms with Gasteiger partial charge in [-0.1, -0.05) is 58.7 Å². The predicted molar refractivity (Wildman–Crippen MR) is 115 cm³/mol. The number of benzene rings is 3. The smallest absolute Gasteiger partial charge is 0.256 e. The van der Waals surface area contributed by atoms with Crippen molar-refractivity contribution in [3.63, 3.8) is 0 Å². The summed E-state index contributed by atoms with van der Waals surface area (Å²) in [5.41, 5.74) is 1.59. The van der Waals surface area contributed by atoms with Crippen LogP contribution in [0, 0.1) is 0 Å². The normalized spacial score (nSPS) is 10.6. The van der Waals surface area contributed by atoms with E-state index in [4.69, 9.17) is 11.6 Å². The van der Waals surface area contributed by atoms with E-state index in [1.54, 1.807) is 24.3 Å². The minimum absolute atomic E-state index is 0.0731. The van der Waals surface area contributed by atoms with Crippen LogP contribution in [0.25, 0.3) is 10.8 Å². The molecule has 0 saturated carbocycles. The summed E-state index contributed by atoms with van der Waals surface area (Å²) in [6.07, 6.45) is 1.20. The van der Waals surface area contributed by atoms with E-state index in [0.29, 0.717) is 28.4 Å². The molecule has 0 heterocycles. The van der Waals surface area contributed by atoms with Crippen LogP contribution in [0.4, 0.5) is 11.4 Å². The van der Waals surface area contributed by atoms with Gasteiger partial charge in [-0.15, -0.1) is 0 Å². The average molecular weight is 446 g/mol. The van der Waals surface area contributed by atoms with Gasteiger partial charge in [-0.3, -0.25) is 9.59 Å². The molecule has 0 bridgehead atoms. The molecule has 0 spiro atoms. The Balaban J connectivity index is 1.88. The van der Waals surface area contributed by atoms with Gasteiger partial charge in [0.1, 0.15) is 0 Å². The monoisotopic (exact) mass is 444 g/mol. The maximum atomic E-state index is 12.9. The highest BCUT2D eigenvalue weighted by atomic mass is 79.9. The van der Waals surface area contributed by atoms with Crippen molar-refractivity contribution in [3.8, 4) is 0 Å². The maximum Gasteiger partial charge on any atom is 0.256 e. The third-order valence-electron chi connectivity index (χ3n) is 4.09. The Morgan fingerprint density at radius 1 is 1.00 bits per heavy atom. The van der Waals surface area contributed by atoms with Crippen molar-refractivity contribution in [3.05, 3.63) is 69.7 Å². The fourth-order valence-electron chi connectivity index (χ4n) is 2.81. The second kappa shape index (κ2) is 8.55. The summed E-state index contributed by atoms with van der Waals surface area (Å²) in [7, 11) is 0. The SMILES string of the molecule is CCCC(=O)Nc1ccc(Cl)c(NC(=O)c2cccc3c(Br)cccc23)c1. The van der Waals surface area contributed by atoms with Gasteiger partial charge in [0.05, 0.1) is 10.7 Å². The molecule has 6 heteroatoms. The largest absolute Gasteiger partial charge is 0.326 e. The molecule has 27 heavy (non-hydrogen) atoms. The minimum Gasteiger partial charge on any atom is -0.326 e. The molecule has 2 amide bonds. The summed E-state index contributed by atoms with van der Waals surface area (Å²) in [6.45, 7) is 1.94. The van der Waals surface area contributed by atoms with Crippen molar-refractivity contribution in [2.75, 3.05) is 10.6 Å². The number of hydrogen-bond acceptors (Lipinski definition) is 2. The van der Waals surface area contributed by atoms with E-state index >= 15 is 0 Å². The first-order valence-electron chi connectivity index (χ1n) is 8.57. The number of nitrogens with one attached hydrogen (secondary N) is 2. The van der Waals surface area contributed by atoms with Crippen molar-refractivity contribution in [2.24, 2.45) is 0 Å². The van der Waals surface area contributed by atoms with Crippen LogP contribution in [0.3, 0.4) is 0 Å². The van der Waals surface area contributed by atoms with Gasteiger partial charge >= 0.3 is 0 Å². The first kappa shape index (κ1) is 19.4. The van der Waals surface area contributed by atoms with E-state index in [9.17, 15) is 9.59 Å². The van der Waals surface area contributed by atoms with Gasteiger partial charge in [-0.05, 0) is 47.5 Å². The van der Waals surface area contributed by atoms with E-state index in [0.717, 1.165) is 21.7 Å². The zero-order valence-electron chi connectivity index (χ0n) is 14.7. The summed E-state index contributed by atoms with van der Waals surface area (Å²) >= 11 is 9.74. The van der Waals surface area contributed by atoms with Gasteiger partial charge in [0, 0.05) is 22.1 Å². The van der Waals surface area contributed by atoms with Gasteiger partial charge in [0.15, 0.2) is 0 Å². The number of fused-ring (bicyclic) bond motifs is 1. The van der Waals surface area contributed by atoms with Crippen molar-refractivity contribution < 1.29 is 9.59 Å². The lowest BCUT2D eigenvalue weighted by Gasteiger charge is -2.12. The molecule has 0 fully saturated rings. The second-order valence-electron chi connectivity index (χ2n) is 6.09. The lowest BCUT2D eigenvalue weighted by atomic mass is 10.0. The van der Waals surface area contributed by atoms with Crippen molar-refractivity contribution in [2.45, 2.75) is 19.8 Å². The van der Waals surface area contributed by atoms with Gasteiger partial charge in [0.2, 0.25) is 5.91 Å². The standard InChI is InChI=1S/C21H18BrClN2O2/c1-2-5-20(26)24-13-10-11-18(23)19(12-13)25-21(27)16-8-3-7-15-14(16)6-4-9-17(15)22/h3-4,6-12H,2,5H2,1H3,(H,24,26)(H,25,27). The van der Waals surface area contributed by atoms with Crippen molar-refractivity contribution in [1.29, 1.82) is 0 Å². The average Bonchev–Trinajstić information content (AvgIpc) is 2.64. The molecule has 2 N–H and O–H groups in total. The first-order valence-corrected chi connectivity index (χ1v) is 9.74. The zero-order chi connectivity index (χ0) is 19.4. The minimum atomic E-state index is -0.266. The van der Waals surface area contributed by atoms with Crippen LogP contribution in [0.2, 0.25) is 5.02 Å². The van der Waals surface area contributed by atoms with E-state index < -0.39 is 0 Å². The fraction of sp³-hybridized carbons (Fsp3) is 0.143. The van der Waals surface area contributed by atoms with Crippen LogP contribution in [0.5, 0.6) is 0 Å². The van der Waals surface area contributed by atoms with Crippen LogP contribution in [0.15, 0.2) is 59.1 Å². The highest BCUT2D eigenvalue weighted by Gasteiger charge is 2.13. The number of halogens is 2. The second-order valence-corrected chi connectivity index (χ2v) is 7.35.